The Morgan fingerprint density at radius 1 is 1.00 bits per heavy atom. The molecule has 0 aliphatic carbocycles. The fraction of sp³-hybridized carbons (Fsp3) is 0.238. The molecule has 1 heterocycles. The monoisotopic (exact) mass is 378 g/mol. The van der Waals surface area contributed by atoms with E-state index >= 15 is 0 Å². The van der Waals surface area contributed by atoms with Crippen molar-refractivity contribution < 1.29 is 9.59 Å². The summed E-state index contributed by atoms with van der Waals surface area (Å²) in [5, 5.41) is 4.89. The van der Waals surface area contributed by atoms with E-state index in [1.807, 2.05) is 37.3 Å². The van der Waals surface area contributed by atoms with Crippen molar-refractivity contribution in [3.63, 3.8) is 0 Å². The molecule has 2 amide bonds. The van der Waals surface area contributed by atoms with E-state index in [-0.39, 0.29) is 23.1 Å². The summed E-state index contributed by atoms with van der Waals surface area (Å²) in [6, 6.07) is 16.2. The van der Waals surface area contributed by atoms with Crippen LogP contribution in [0.1, 0.15) is 41.7 Å². The van der Waals surface area contributed by atoms with Crippen molar-refractivity contribution in [2.24, 2.45) is 7.05 Å². The Hall–Kier alpha value is -3.48. The van der Waals surface area contributed by atoms with Crippen molar-refractivity contribution in [2.75, 3.05) is 0 Å². The lowest BCUT2D eigenvalue weighted by Crippen LogP contribution is -2.44. The van der Waals surface area contributed by atoms with E-state index in [2.05, 4.69) is 16.0 Å². The van der Waals surface area contributed by atoms with Gasteiger partial charge in [0.15, 0.2) is 5.69 Å². The summed E-state index contributed by atoms with van der Waals surface area (Å²) in [6.07, 6.45) is 1.49. The van der Waals surface area contributed by atoms with Gasteiger partial charge in [0.2, 0.25) is 5.91 Å². The maximum Gasteiger partial charge on any atom is 0.290 e. The number of nitrogens with zero attached hydrogens (tertiary/aromatic N) is 2. The number of amides is 2. The zero-order valence-corrected chi connectivity index (χ0v) is 15.8. The summed E-state index contributed by atoms with van der Waals surface area (Å²) in [7, 11) is 1.48. The minimum absolute atomic E-state index is 0.0738. The lowest BCUT2D eigenvalue weighted by atomic mass is 9.94. The molecule has 28 heavy (non-hydrogen) atoms. The number of aryl methyl sites for hydroxylation is 1. The highest BCUT2D eigenvalue weighted by atomic mass is 16.2. The number of hydrazine groups is 1. The number of aromatic nitrogens is 2. The van der Waals surface area contributed by atoms with Crippen LogP contribution in [0.5, 0.6) is 0 Å². The molecule has 7 heteroatoms. The number of benzene rings is 2. The molecule has 0 bridgehead atoms. The average molecular weight is 378 g/mol. The molecule has 0 radical (unpaired) electrons. The van der Waals surface area contributed by atoms with Crippen LogP contribution >= 0.6 is 0 Å². The molecule has 0 saturated carbocycles. The second-order valence-corrected chi connectivity index (χ2v) is 6.52. The van der Waals surface area contributed by atoms with Crippen LogP contribution in [0, 0.1) is 0 Å². The molecule has 1 aromatic heterocycles. The van der Waals surface area contributed by atoms with Gasteiger partial charge in [-0.15, -0.1) is 0 Å². The summed E-state index contributed by atoms with van der Waals surface area (Å²) < 4.78 is 1.11. The van der Waals surface area contributed by atoms with Gasteiger partial charge in [0.1, 0.15) is 0 Å². The van der Waals surface area contributed by atoms with Crippen LogP contribution in [0.15, 0.2) is 59.4 Å². The predicted octanol–water partition coefficient (Wildman–Crippen LogP) is 2.28. The van der Waals surface area contributed by atoms with Crippen LogP contribution in [-0.2, 0) is 11.8 Å². The number of rotatable bonds is 5. The molecule has 0 saturated heterocycles. The van der Waals surface area contributed by atoms with Gasteiger partial charge in [-0.2, -0.15) is 5.10 Å². The van der Waals surface area contributed by atoms with E-state index in [4.69, 9.17) is 0 Å². The number of hydrogen-bond donors (Lipinski definition) is 2. The van der Waals surface area contributed by atoms with Crippen molar-refractivity contribution in [1.29, 1.82) is 0 Å². The van der Waals surface area contributed by atoms with Crippen LogP contribution < -0.4 is 16.4 Å². The van der Waals surface area contributed by atoms with E-state index in [1.165, 1.54) is 7.05 Å². The van der Waals surface area contributed by atoms with Gasteiger partial charge < -0.3 is 0 Å². The second kappa shape index (κ2) is 8.47. The Morgan fingerprint density at radius 2 is 1.64 bits per heavy atom. The molecule has 7 nitrogen and oxygen atoms in total. The number of fused-ring (bicyclic) bond motifs is 1. The smallest absolute Gasteiger partial charge is 0.273 e. The Labute approximate surface area is 162 Å². The van der Waals surface area contributed by atoms with Gasteiger partial charge in [-0.05, 0) is 18.1 Å². The fourth-order valence-corrected chi connectivity index (χ4v) is 3.16. The van der Waals surface area contributed by atoms with Crippen molar-refractivity contribution >= 4 is 22.6 Å². The van der Waals surface area contributed by atoms with E-state index in [9.17, 15) is 14.4 Å². The van der Waals surface area contributed by atoms with Gasteiger partial charge in [-0.25, -0.2) is 4.68 Å². The van der Waals surface area contributed by atoms with Crippen molar-refractivity contribution in [2.45, 2.75) is 25.7 Å². The van der Waals surface area contributed by atoms with Crippen molar-refractivity contribution in [1.82, 2.24) is 20.6 Å². The zero-order valence-electron chi connectivity index (χ0n) is 15.8. The van der Waals surface area contributed by atoms with Gasteiger partial charge in [-0.1, -0.05) is 61.9 Å². The molecule has 0 aliphatic heterocycles. The number of carbonyl (C=O) groups is 2. The molecule has 0 aliphatic rings. The van der Waals surface area contributed by atoms with Crippen LogP contribution in [0.4, 0.5) is 0 Å². The summed E-state index contributed by atoms with van der Waals surface area (Å²) >= 11 is 0. The van der Waals surface area contributed by atoms with Crippen LogP contribution in [0.3, 0.4) is 0 Å². The van der Waals surface area contributed by atoms with Gasteiger partial charge in [-0.3, -0.25) is 25.2 Å². The Morgan fingerprint density at radius 3 is 2.32 bits per heavy atom. The minimum atomic E-state index is -0.580. The summed E-state index contributed by atoms with van der Waals surface area (Å²) in [6.45, 7) is 2.00. The molecule has 2 N–H and O–H groups in total. The van der Waals surface area contributed by atoms with Crippen LogP contribution in [0.2, 0.25) is 0 Å². The first-order chi connectivity index (χ1) is 13.5. The van der Waals surface area contributed by atoms with Gasteiger partial charge in [0.25, 0.3) is 11.5 Å². The van der Waals surface area contributed by atoms with Crippen molar-refractivity contribution in [3.8, 4) is 0 Å². The minimum Gasteiger partial charge on any atom is -0.273 e. The Bertz CT molecular complexity index is 1060. The molecule has 0 fully saturated rings. The Balaban J connectivity index is 1.80. The van der Waals surface area contributed by atoms with Crippen LogP contribution in [0.25, 0.3) is 10.8 Å². The highest BCUT2D eigenvalue weighted by molar-refractivity contribution is 6.05. The molecule has 0 spiro atoms. The third kappa shape index (κ3) is 3.93. The normalized spacial score (nSPS) is 11.8. The molecule has 3 rings (SSSR count). The first kappa shape index (κ1) is 19.3. The Kier molecular flexibility index (Phi) is 5.84. The van der Waals surface area contributed by atoms with Crippen LogP contribution in [-0.4, -0.2) is 21.6 Å². The average Bonchev–Trinajstić information content (AvgIpc) is 2.73. The van der Waals surface area contributed by atoms with Gasteiger partial charge in [0.05, 0.1) is 11.3 Å². The first-order valence-corrected chi connectivity index (χ1v) is 9.14. The van der Waals surface area contributed by atoms with Gasteiger partial charge >= 0.3 is 0 Å². The quantitative estimate of drug-likeness (QED) is 0.666. The lowest BCUT2D eigenvalue weighted by Gasteiger charge is -2.17. The molecule has 3 aromatic rings. The highest BCUT2D eigenvalue weighted by Crippen LogP contribution is 2.21. The van der Waals surface area contributed by atoms with Gasteiger partial charge in [0, 0.05) is 12.4 Å². The van der Waals surface area contributed by atoms with E-state index < -0.39 is 5.91 Å². The highest BCUT2D eigenvalue weighted by Gasteiger charge is 2.21. The third-order valence-electron chi connectivity index (χ3n) is 4.57. The van der Waals surface area contributed by atoms with E-state index in [0.717, 1.165) is 16.7 Å². The largest absolute Gasteiger partial charge is 0.290 e. The topological polar surface area (TPSA) is 93.1 Å². The van der Waals surface area contributed by atoms with E-state index in [0.29, 0.717) is 17.2 Å². The third-order valence-corrected chi connectivity index (χ3v) is 4.57. The number of nitrogens with one attached hydrogen (secondary N) is 2. The number of hydrogen-bond acceptors (Lipinski definition) is 4. The second-order valence-electron chi connectivity index (χ2n) is 6.52. The summed E-state index contributed by atoms with van der Waals surface area (Å²) in [4.78, 5) is 37.5. The number of carbonyl (C=O) groups excluding carboxylic acids is 2. The molecule has 0 unspecified atom stereocenters. The first-order valence-electron chi connectivity index (χ1n) is 9.14. The molecular formula is C21H22N4O3. The maximum absolute atomic E-state index is 12.7. The molecular weight excluding hydrogens is 356 g/mol. The SMILES string of the molecule is CCC[C@@H](C(=O)NNC(=O)c1nn(C)c(=O)c2ccccc12)c1ccccc1. The zero-order chi connectivity index (χ0) is 20.1. The van der Waals surface area contributed by atoms with Crippen molar-refractivity contribution in [3.05, 3.63) is 76.2 Å². The molecule has 2 aromatic carbocycles. The maximum atomic E-state index is 12.7. The molecule has 1 atom stereocenters. The van der Waals surface area contributed by atoms with E-state index in [1.54, 1.807) is 24.3 Å². The summed E-state index contributed by atoms with van der Waals surface area (Å²) in [5.74, 6) is -1.24. The standard InChI is InChI=1S/C21H22N4O3/c1-3-9-15(14-10-5-4-6-11-14)19(26)22-23-20(27)18-16-12-7-8-13-17(16)21(28)25(2)24-18/h4-8,10-13,15H,3,9H2,1-2H3,(H,22,26)(H,23,27)/t15-/m1/s1. The molecule has 144 valence electrons. The lowest BCUT2D eigenvalue weighted by molar-refractivity contribution is -0.123. The fourth-order valence-electron chi connectivity index (χ4n) is 3.16. The predicted molar refractivity (Wildman–Crippen MR) is 107 cm³/mol. The summed E-state index contributed by atoms with van der Waals surface area (Å²) in [5.41, 5.74) is 5.60.